The van der Waals surface area contributed by atoms with Crippen LogP contribution in [0.15, 0.2) is 54.6 Å². The maximum atomic E-state index is 12.9. The Balaban J connectivity index is 1.44. The van der Waals surface area contributed by atoms with Gasteiger partial charge in [0.05, 0.1) is 0 Å². The first kappa shape index (κ1) is 20.2. The Morgan fingerprint density at radius 2 is 1.80 bits per heavy atom. The number of nitrogens with one attached hydrogen (secondary N) is 1. The molecule has 0 bridgehead atoms. The highest BCUT2D eigenvalue weighted by Crippen LogP contribution is 2.29. The summed E-state index contributed by atoms with van der Waals surface area (Å²) < 4.78 is 0. The summed E-state index contributed by atoms with van der Waals surface area (Å²) in [6.07, 6.45) is 1.45. The van der Waals surface area contributed by atoms with Crippen molar-refractivity contribution < 1.29 is 9.59 Å². The summed E-state index contributed by atoms with van der Waals surface area (Å²) in [6.45, 7) is 4.89. The Morgan fingerprint density at radius 1 is 1.07 bits per heavy atom. The number of carbonyl (C=O) groups is 2. The molecule has 2 heterocycles. The van der Waals surface area contributed by atoms with Crippen LogP contribution in [-0.4, -0.2) is 39.5 Å². The molecule has 1 aliphatic rings. The number of hydrogen-bond donors (Lipinski definition) is 1. The average Bonchev–Trinajstić information content (AvgIpc) is 3.44. The van der Waals surface area contributed by atoms with Gasteiger partial charge in [-0.25, -0.2) is 0 Å². The molecule has 4 rings (SSSR count). The van der Waals surface area contributed by atoms with Gasteiger partial charge in [0.25, 0.3) is 5.91 Å². The molecule has 2 amide bonds. The molecule has 3 aromatic rings. The lowest BCUT2D eigenvalue weighted by molar-refractivity contribution is -0.119. The van der Waals surface area contributed by atoms with Crippen molar-refractivity contribution in [2.24, 2.45) is 0 Å². The molecular weight excluding hydrogens is 396 g/mol. The molecule has 0 spiro atoms. The molecule has 2 aromatic carbocycles. The molecule has 30 heavy (non-hydrogen) atoms. The van der Waals surface area contributed by atoms with Crippen LogP contribution in [0.4, 0.5) is 5.13 Å². The van der Waals surface area contributed by atoms with Crippen molar-refractivity contribution in [1.29, 1.82) is 0 Å². The number of rotatable bonds is 5. The van der Waals surface area contributed by atoms with Crippen LogP contribution in [0, 0.1) is 0 Å². The predicted molar refractivity (Wildman–Crippen MR) is 119 cm³/mol. The second-order valence-electron chi connectivity index (χ2n) is 7.70. The van der Waals surface area contributed by atoms with Crippen molar-refractivity contribution in [3.63, 3.8) is 0 Å². The number of carbonyl (C=O) groups excluding carboxylic acids is 2. The van der Waals surface area contributed by atoms with Gasteiger partial charge in [-0.05, 0) is 36.5 Å². The topological polar surface area (TPSA) is 75.2 Å². The van der Waals surface area contributed by atoms with E-state index in [1.54, 1.807) is 17.0 Å². The SMILES string of the molecule is CC(C)c1ccc(-c2nnc(NC(=O)[C@@H]3CCCN3C(=O)c3ccccc3)s2)cc1. The smallest absolute Gasteiger partial charge is 0.254 e. The Kier molecular flexibility index (Phi) is 5.90. The zero-order valence-electron chi connectivity index (χ0n) is 17.0. The second kappa shape index (κ2) is 8.75. The van der Waals surface area contributed by atoms with Gasteiger partial charge in [0.15, 0.2) is 0 Å². The number of anilines is 1. The van der Waals surface area contributed by atoms with Crippen LogP contribution in [0.1, 0.15) is 48.5 Å². The van der Waals surface area contributed by atoms with Crippen LogP contribution >= 0.6 is 11.3 Å². The van der Waals surface area contributed by atoms with E-state index in [9.17, 15) is 9.59 Å². The predicted octanol–water partition coefficient (Wildman–Crippen LogP) is 4.57. The lowest BCUT2D eigenvalue weighted by Crippen LogP contribution is -2.43. The van der Waals surface area contributed by atoms with Gasteiger partial charge in [-0.2, -0.15) is 0 Å². The highest BCUT2D eigenvalue weighted by molar-refractivity contribution is 7.18. The highest BCUT2D eigenvalue weighted by atomic mass is 32.1. The molecule has 1 aromatic heterocycles. The number of amides is 2. The average molecular weight is 421 g/mol. The molecule has 1 atom stereocenters. The first-order chi connectivity index (χ1) is 14.5. The summed E-state index contributed by atoms with van der Waals surface area (Å²) in [7, 11) is 0. The molecule has 1 aliphatic heterocycles. The normalized spacial score (nSPS) is 16.1. The number of benzene rings is 2. The Hall–Kier alpha value is -3.06. The second-order valence-corrected chi connectivity index (χ2v) is 8.68. The van der Waals surface area contributed by atoms with E-state index < -0.39 is 6.04 Å². The van der Waals surface area contributed by atoms with Crippen molar-refractivity contribution in [3.05, 3.63) is 65.7 Å². The van der Waals surface area contributed by atoms with Crippen LogP contribution in [0.25, 0.3) is 10.6 Å². The van der Waals surface area contributed by atoms with Gasteiger partial charge in [-0.1, -0.05) is 67.6 Å². The lowest BCUT2D eigenvalue weighted by Gasteiger charge is -2.23. The van der Waals surface area contributed by atoms with Crippen LogP contribution < -0.4 is 5.32 Å². The molecule has 1 N–H and O–H groups in total. The van der Waals surface area contributed by atoms with E-state index in [0.717, 1.165) is 17.0 Å². The molecule has 0 aliphatic carbocycles. The van der Waals surface area contributed by atoms with Gasteiger partial charge in [0.1, 0.15) is 11.0 Å². The number of aromatic nitrogens is 2. The van der Waals surface area contributed by atoms with Gasteiger partial charge >= 0.3 is 0 Å². The molecule has 1 fully saturated rings. The maximum absolute atomic E-state index is 12.9. The summed E-state index contributed by atoms with van der Waals surface area (Å²) in [5.74, 6) is 0.141. The first-order valence-electron chi connectivity index (χ1n) is 10.1. The minimum Gasteiger partial charge on any atom is -0.327 e. The van der Waals surface area contributed by atoms with Crippen molar-refractivity contribution >= 4 is 28.3 Å². The summed E-state index contributed by atoms with van der Waals surface area (Å²) >= 11 is 1.34. The number of likely N-dealkylation sites (tertiary alicyclic amines) is 1. The summed E-state index contributed by atoms with van der Waals surface area (Å²) in [5.41, 5.74) is 2.83. The van der Waals surface area contributed by atoms with Gasteiger partial charge < -0.3 is 4.90 Å². The first-order valence-corrected chi connectivity index (χ1v) is 11.0. The third kappa shape index (κ3) is 4.26. The van der Waals surface area contributed by atoms with E-state index in [1.165, 1.54) is 16.9 Å². The fourth-order valence-corrected chi connectivity index (χ4v) is 4.37. The summed E-state index contributed by atoms with van der Waals surface area (Å²) in [4.78, 5) is 27.3. The number of nitrogens with zero attached hydrogens (tertiary/aromatic N) is 3. The van der Waals surface area contributed by atoms with Crippen LogP contribution in [0.3, 0.4) is 0 Å². The van der Waals surface area contributed by atoms with Crippen LogP contribution in [0.2, 0.25) is 0 Å². The van der Waals surface area contributed by atoms with Crippen LogP contribution in [-0.2, 0) is 4.79 Å². The van der Waals surface area contributed by atoms with E-state index in [2.05, 4.69) is 41.5 Å². The quantitative estimate of drug-likeness (QED) is 0.656. The zero-order valence-corrected chi connectivity index (χ0v) is 17.9. The minimum absolute atomic E-state index is 0.114. The van der Waals surface area contributed by atoms with Crippen molar-refractivity contribution in [2.45, 2.75) is 38.6 Å². The largest absolute Gasteiger partial charge is 0.327 e. The van der Waals surface area contributed by atoms with E-state index >= 15 is 0 Å². The van der Waals surface area contributed by atoms with E-state index in [1.807, 2.05) is 30.3 Å². The molecule has 7 heteroatoms. The fourth-order valence-electron chi connectivity index (χ4n) is 3.62. The highest BCUT2D eigenvalue weighted by Gasteiger charge is 2.34. The van der Waals surface area contributed by atoms with E-state index in [4.69, 9.17) is 0 Å². The molecule has 1 saturated heterocycles. The summed E-state index contributed by atoms with van der Waals surface area (Å²) in [5, 5.41) is 12.4. The molecule has 6 nitrogen and oxygen atoms in total. The monoisotopic (exact) mass is 420 g/mol. The van der Waals surface area contributed by atoms with Gasteiger partial charge in [-0.15, -0.1) is 10.2 Å². The third-order valence-corrected chi connectivity index (χ3v) is 6.20. The van der Waals surface area contributed by atoms with Gasteiger partial charge in [-0.3, -0.25) is 14.9 Å². The Bertz CT molecular complexity index is 1030. The minimum atomic E-state index is -0.490. The van der Waals surface area contributed by atoms with Crippen LogP contribution in [0.5, 0.6) is 0 Å². The number of hydrogen-bond acceptors (Lipinski definition) is 5. The van der Waals surface area contributed by atoms with Crippen molar-refractivity contribution in [2.75, 3.05) is 11.9 Å². The molecule has 0 radical (unpaired) electrons. The Morgan fingerprint density at radius 3 is 2.50 bits per heavy atom. The van der Waals surface area contributed by atoms with E-state index in [-0.39, 0.29) is 11.8 Å². The lowest BCUT2D eigenvalue weighted by atomic mass is 10.0. The fraction of sp³-hybridized carbons (Fsp3) is 0.304. The van der Waals surface area contributed by atoms with Gasteiger partial charge in [0, 0.05) is 17.7 Å². The van der Waals surface area contributed by atoms with Gasteiger partial charge in [0.2, 0.25) is 11.0 Å². The van der Waals surface area contributed by atoms with Crippen molar-refractivity contribution in [1.82, 2.24) is 15.1 Å². The van der Waals surface area contributed by atoms with Crippen molar-refractivity contribution in [3.8, 4) is 10.6 Å². The molecular formula is C23H24N4O2S. The molecule has 0 unspecified atom stereocenters. The Labute approximate surface area is 180 Å². The third-order valence-electron chi connectivity index (χ3n) is 5.32. The maximum Gasteiger partial charge on any atom is 0.254 e. The zero-order chi connectivity index (χ0) is 21.1. The molecule has 154 valence electrons. The molecule has 0 saturated carbocycles. The summed E-state index contributed by atoms with van der Waals surface area (Å²) in [6, 6.07) is 16.8. The van der Waals surface area contributed by atoms with E-state index in [0.29, 0.717) is 29.6 Å². The standard InChI is InChI=1S/C23H24N4O2S/c1-15(2)16-10-12-17(13-11-16)21-25-26-23(30-21)24-20(28)19-9-6-14-27(19)22(29)18-7-4-3-5-8-18/h3-5,7-8,10-13,15,19H,6,9,14H2,1-2H3,(H,24,26,28)/t19-/m0/s1.